The molecule has 0 aliphatic heterocycles. The summed E-state index contributed by atoms with van der Waals surface area (Å²) in [5.41, 5.74) is 0. The first kappa shape index (κ1) is 134. The van der Waals surface area contributed by atoms with Crippen molar-refractivity contribution in [1.82, 2.24) is 0 Å². The minimum atomic E-state index is -5.39. The Kier molecular flexibility index (Phi) is 131. The van der Waals surface area contributed by atoms with Crippen LogP contribution in [0.5, 0.6) is 0 Å². The second kappa shape index (κ2) is 62.7. The summed E-state index contributed by atoms with van der Waals surface area (Å²) in [4.78, 5) is 282. The van der Waals surface area contributed by atoms with Crippen LogP contribution in [0, 0.1) is 0 Å². The zero-order valence-electron chi connectivity index (χ0n) is 26.7. The van der Waals surface area contributed by atoms with E-state index < -0.39 is 86.0 Å². The summed E-state index contributed by atoms with van der Waals surface area (Å²) in [7, 11) is -59.3. The summed E-state index contributed by atoms with van der Waals surface area (Å²) >= 11 is 0. The molecule has 64 heavy (non-hydrogen) atoms. The van der Waals surface area contributed by atoms with Gasteiger partial charge in [-0.2, -0.15) is 86.0 Å². The van der Waals surface area contributed by atoms with Crippen molar-refractivity contribution in [1.29, 1.82) is 0 Å². The van der Waals surface area contributed by atoms with Gasteiger partial charge in [0.05, 0.1) is 0 Å². The van der Waals surface area contributed by atoms with Crippen LogP contribution in [0.25, 0.3) is 0 Å². The molecule has 3 radical (unpaired) electrons. The third kappa shape index (κ3) is 6310. The van der Waals surface area contributed by atoms with Gasteiger partial charge in [0.2, 0.25) is 0 Å². The molecule has 0 saturated heterocycles. The topological polar surface area (TPSA) is 949 Å². The van der Waals surface area contributed by atoms with E-state index in [1.807, 2.05) is 0 Å². The van der Waals surface area contributed by atoms with E-state index in [0.29, 0.717) is 0 Å². The van der Waals surface area contributed by atoms with Crippen LogP contribution in [-0.2, 0) is 235 Å². The van der Waals surface area contributed by atoms with Gasteiger partial charge < -0.3 is 212 Å². The molecule has 0 aliphatic carbocycles. The molecule has 373 valence electrons. The van der Waals surface area contributed by atoms with Crippen molar-refractivity contribution in [3.8, 4) is 0 Å². The van der Waals surface area contributed by atoms with Gasteiger partial charge in [0, 0.05) is 0 Å². The Labute approximate surface area is 476 Å². The van der Waals surface area contributed by atoms with Gasteiger partial charge in [-0.3, -0.25) is 0 Å². The van der Waals surface area contributed by atoms with Gasteiger partial charge in [0.1, 0.15) is 0 Å². The van der Waals surface area contributed by atoms with Crippen molar-refractivity contribution < 1.29 is 396 Å². The Hall–Kier alpha value is 7.13. The molecule has 44 nitrogen and oxygen atoms in total. The minimum absolute atomic E-state index is 0. The molecule has 0 N–H and O–H groups in total. The van der Waals surface area contributed by atoms with Crippen molar-refractivity contribution in [2.24, 2.45) is 0 Å². The van der Waals surface area contributed by atoms with E-state index in [4.69, 9.17) is 212 Å². The molecule has 0 heterocycles. The Bertz CT molecular complexity index is 980. The Morgan fingerprint density at radius 2 is 0.141 bits per heavy atom. The Morgan fingerprint density at radius 1 is 0.141 bits per heavy atom. The summed E-state index contributed by atoms with van der Waals surface area (Å²) in [5.74, 6) is 0. The van der Waals surface area contributed by atoms with Gasteiger partial charge in [0.25, 0.3) is 0 Å². The fourth-order valence-electron chi connectivity index (χ4n) is 0. The maximum atomic E-state index is 8.55. The molecular weight excluding hydrogens is 1650 g/mol. The van der Waals surface area contributed by atoms with E-state index >= 15 is 0 Å². The third-order valence-corrected chi connectivity index (χ3v) is 0. The zero-order chi connectivity index (χ0) is 49.5. The van der Waals surface area contributed by atoms with Gasteiger partial charge in [-0.05, 0) is 0 Å². The molecule has 0 aromatic heterocycles. The summed E-state index contributed by atoms with van der Waals surface area (Å²) in [6.07, 6.45) is 0. The fraction of sp³-hybridized carbons (Fsp3) is 0. The second-order valence-electron chi connectivity index (χ2n) is 4.92. The van der Waals surface area contributed by atoms with Crippen molar-refractivity contribution in [3.63, 3.8) is 0 Å². The zero-order valence-corrected chi connectivity index (χ0v) is 51.2. The average molecular weight is 1650 g/mol. The molecule has 0 spiro atoms. The number of rotatable bonds is 0. The van der Waals surface area contributed by atoms with E-state index in [0.717, 1.165) is 0 Å². The van der Waals surface area contributed by atoms with Gasteiger partial charge in [-0.1, -0.05) is 0 Å². The summed E-state index contributed by atoms with van der Waals surface area (Å²) in [5, 5.41) is 0. The molecule has 0 saturated carbocycles. The SMILES string of the molecule is O=P([O-])([O-])[O-].O=P([O-])([O-])[O-].O=P([O-])([O-])[O-].O=P([O-])([O-])[O-].O=P([O-])([O-])[O-].O=P([O-])([O-])[O-].O=P([O-])([O-])[O-].O=P([O-])([O-])[O-].O=P([O-])([O-])[O-].O=P([O-])([O-])[O-].O=P([O-])([O-])[O-].[Co+2].[Co+2].[Co+2].[V+5].[V+5].[V+5].[Zr+4].[Zr+4].[Zr+4]. The number of phosphoric acid groups is 11. The Morgan fingerprint density at radius 3 is 0.141 bits per heavy atom. The number of hydrogen-bond acceptors (Lipinski definition) is 44. The van der Waals surface area contributed by atoms with Crippen LogP contribution >= 0.6 is 86.0 Å². The quantitative estimate of drug-likeness (QED) is 0.203. The first-order valence-corrected chi connectivity index (χ1v) is 24.1. The molecule has 0 aromatic rings. The van der Waals surface area contributed by atoms with Gasteiger partial charge >= 0.3 is 185 Å². The van der Waals surface area contributed by atoms with Crippen molar-refractivity contribution >= 4 is 86.0 Å². The standard InChI is InChI=1S/3Co.11H3O4P.3V.3Zr/c;;;11*1-5(2,3)4;;;;;;/h;;;11*(H3,1,2,3,4);;;;;;/q3*+2;;;;;;;;;;;;3*+5;3*+4/p-33. The van der Waals surface area contributed by atoms with Crippen LogP contribution in [0.4, 0.5) is 0 Å². The fourth-order valence-corrected chi connectivity index (χ4v) is 0. The summed E-state index contributed by atoms with van der Waals surface area (Å²) < 4.78 is 94.0. The van der Waals surface area contributed by atoms with E-state index in [1.54, 1.807) is 0 Å². The normalized spacial score (nSPS) is 10.1. The maximum Gasteiger partial charge on any atom is 5.00 e. The minimum Gasteiger partial charge on any atom is -0.822 e. The monoisotopic (exact) mass is 1640 g/mol. The van der Waals surface area contributed by atoms with Gasteiger partial charge in [-0.25, -0.2) is 0 Å². The van der Waals surface area contributed by atoms with Crippen LogP contribution in [0.3, 0.4) is 0 Å². The Balaban J connectivity index is -0.0000000182. The van der Waals surface area contributed by atoms with Gasteiger partial charge in [-0.15, -0.1) is 0 Å². The third-order valence-electron chi connectivity index (χ3n) is 0. The molecule has 0 bridgehead atoms. The molecule has 64 heteroatoms. The molecule has 0 rings (SSSR count). The molecule has 0 fully saturated rings. The smallest absolute Gasteiger partial charge is 0.822 e. The first-order chi connectivity index (χ1) is 22.0. The van der Waals surface area contributed by atoms with Crippen molar-refractivity contribution in [2.45, 2.75) is 0 Å². The van der Waals surface area contributed by atoms with Crippen molar-refractivity contribution in [2.75, 3.05) is 0 Å². The molecule has 0 aliphatic rings. The van der Waals surface area contributed by atoms with Crippen LogP contribution in [0.1, 0.15) is 0 Å². The van der Waals surface area contributed by atoms with E-state index in [2.05, 4.69) is 0 Å². The van der Waals surface area contributed by atoms with Gasteiger partial charge in [0.15, 0.2) is 0 Å². The van der Waals surface area contributed by atoms with Crippen molar-refractivity contribution in [3.05, 3.63) is 0 Å². The predicted molar refractivity (Wildman–Crippen MR) is 83.7 cm³/mol. The number of hydrogen-bond donors (Lipinski definition) is 0. The molecule has 0 unspecified atom stereocenters. The summed E-state index contributed by atoms with van der Waals surface area (Å²) in [6, 6.07) is 0. The van der Waals surface area contributed by atoms with Crippen LogP contribution in [0.2, 0.25) is 0 Å². The molecule has 0 aromatic carbocycles. The van der Waals surface area contributed by atoms with Crippen LogP contribution < -0.4 is 161 Å². The van der Waals surface area contributed by atoms with E-state index in [-0.39, 0.29) is 185 Å². The van der Waals surface area contributed by atoms with E-state index in [1.165, 1.54) is 0 Å². The molecular formula is Co3O44P11V3Zr3. The second-order valence-corrected chi connectivity index (χ2v) is 14.8. The predicted octanol–water partition coefficient (Wildman–Crippen LogP) is -31.1. The maximum absolute atomic E-state index is 8.55. The van der Waals surface area contributed by atoms with Crippen LogP contribution in [0.15, 0.2) is 0 Å². The largest absolute Gasteiger partial charge is 5.00 e. The average Bonchev–Trinajstić information content (AvgIpc) is 2.41. The molecule has 0 amide bonds. The molecule has 0 atom stereocenters. The summed E-state index contributed by atoms with van der Waals surface area (Å²) in [6.45, 7) is 0. The van der Waals surface area contributed by atoms with E-state index in [9.17, 15) is 0 Å². The van der Waals surface area contributed by atoms with Crippen LogP contribution in [-0.4, -0.2) is 0 Å². The first-order valence-electron chi connectivity index (χ1n) is 8.03.